The second kappa shape index (κ2) is 9.32. The Hall–Kier alpha value is -4.41. The van der Waals surface area contributed by atoms with Gasteiger partial charge in [0.05, 0.1) is 34.1 Å². The van der Waals surface area contributed by atoms with Crippen molar-refractivity contribution in [2.24, 2.45) is 5.92 Å². The fourth-order valence-corrected chi connectivity index (χ4v) is 6.54. The highest BCUT2D eigenvalue weighted by Crippen LogP contribution is 2.42. The molecule has 8 nitrogen and oxygen atoms in total. The van der Waals surface area contributed by atoms with Gasteiger partial charge >= 0.3 is 6.18 Å². The molecule has 3 aromatic heterocycles. The van der Waals surface area contributed by atoms with Crippen LogP contribution in [0.5, 0.6) is 0 Å². The van der Waals surface area contributed by atoms with Crippen LogP contribution < -0.4 is 5.32 Å². The first kappa shape index (κ1) is 25.6. The fraction of sp³-hybridized carbons (Fsp3) is 0.333. The van der Waals surface area contributed by atoms with Crippen LogP contribution in [0.1, 0.15) is 48.1 Å². The highest BCUT2D eigenvalue weighted by molar-refractivity contribution is 6.49. The van der Waals surface area contributed by atoms with Gasteiger partial charge in [0.1, 0.15) is 5.65 Å². The fourth-order valence-electron chi connectivity index (χ4n) is 6.54. The summed E-state index contributed by atoms with van der Waals surface area (Å²) in [7, 11) is 0. The molecule has 1 atom stereocenters. The minimum atomic E-state index is -4.64. The molecule has 41 heavy (non-hydrogen) atoms. The maximum absolute atomic E-state index is 14.2. The third kappa shape index (κ3) is 4.13. The molecule has 3 aliphatic heterocycles. The van der Waals surface area contributed by atoms with Gasteiger partial charge in [-0.1, -0.05) is 6.07 Å². The van der Waals surface area contributed by atoms with Crippen molar-refractivity contribution in [2.45, 2.75) is 44.8 Å². The quantitative estimate of drug-likeness (QED) is 0.375. The lowest BCUT2D eigenvalue weighted by atomic mass is 9.91. The molecule has 1 fully saturated rings. The number of benzene rings is 1. The van der Waals surface area contributed by atoms with E-state index in [-0.39, 0.29) is 34.4 Å². The minimum absolute atomic E-state index is 0.0104. The number of rotatable bonds is 3. The van der Waals surface area contributed by atoms with Crippen molar-refractivity contribution in [1.29, 1.82) is 0 Å². The molecule has 3 aliphatic rings. The van der Waals surface area contributed by atoms with Gasteiger partial charge in [0.25, 0.3) is 11.8 Å². The first-order valence-corrected chi connectivity index (χ1v) is 13.8. The van der Waals surface area contributed by atoms with E-state index in [9.17, 15) is 27.6 Å². The van der Waals surface area contributed by atoms with Crippen LogP contribution in [0, 0.1) is 5.92 Å². The maximum atomic E-state index is 14.2. The van der Waals surface area contributed by atoms with E-state index in [2.05, 4.69) is 10.3 Å². The number of carbonyl (C=O) groups excluding carboxylic acids is 3. The molecule has 7 rings (SSSR count). The van der Waals surface area contributed by atoms with E-state index in [1.165, 1.54) is 6.20 Å². The number of imide groups is 1. The lowest BCUT2D eigenvalue weighted by molar-refractivity contribution is -0.137. The van der Waals surface area contributed by atoms with E-state index in [1.54, 1.807) is 35.0 Å². The first-order valence-electron chi connectivity index (χ1n) is 13.8. The third-order valence-electron chi connectivity index (χ3n) is 8.45. The highest BCUT2D eigenvalue weighted by atomic mass is 19.4. The normalized spacial score (nSPS) is 19.8. The van der Waals surface area contributed by atoms with Crippen LogP contribution in [0.2, 0.25) is 0 Å². The van der Waals surface area contributed by atoms with E-state index in [0.29, 0.717) is 48.5 Å². The van der Waals surface area contributed by atoms with Crippen LogP contribution in [0.4, 0.5) is 13.2 Å². The third-order valence-corrected chi connectivity index (χ3v) is 8.45. The monoisotopic (exact) mass is 561 g/mol. The zero-order valence-electron chi connectivity index (χ0n) is 22.0. The molecule has 1 unspecified atom stereocenters. The average Bonchev–Trinajstić information content (AvgIpc) is 3.58. The summed E-state index contributed by atoms with van der Waals surface area (Å²) in [5.41, 5.74) is 1.35. The summed E-state index contributed by atoms with van der Waals surface area (Å²) >= 11 is 0. The summed E-state index contributed by atoms with van der Waals surface area (Å²) in [5.74, 6) is -1.76. The van der Waals surface area contributed by atoms with Gasteiger partial charge in [-0.25, -0.2) is 4.98 Å². The van der Waals surface area contributed by atoms with Crippen molar-refractivity contribution in [3.8, 4) is 0 Å². The van der Waals surface area contributed by atoms with Gasteiger partial charge in [0, 0.05) is 48.9 Å². The maximum Gasteiger partial charge on any atom is 0.416 e. The predicted octanol–water partition coefficient (Wildman–Crippen LogP) is 4.45. The number of alkyl halides is 3. The lowest BCUT2D eigenvalue weighted by Gasteiger charge is -2.30. The number of amides is 3. The van der Waals surface area contributed by atoms with Gasteiger partial charge in [0.15, 0.2) is 0 Å². The van der Waals surface area contributed by atoms with Crippen LogP contribution in [0.25, 0.3) is 27.7 Å². The van der Waals surface area contributed by atoms with Crippen LogP contribution in [0.15, 0.2) is 48.9 Å². The second-order valence-corrected chi connectivity index (χ2v) is 10.9. The van der Waals surface area contributed by atoms with Crippen LogP contribution in [0.3, 0.4) is 0 Å². The summed E-state index contributed by atoms with van der Waals surface area (Å²) < 4.78 is 46.1. The van der Waals surface area contributed by atoms with Gasteiger partial charge in [-0.2, -0.15) is 13.2 Å². The second-order valence-electron chi connectivity index (χ2n) is 10.9. The number of imidazole rings is 1. The van der Waals surface area contributed by atoms with Crippen molar-refractivity contribution in [3.05, 3.63) is 71.3 Å². The number of nitrogens with zero attached hydrogens (tertiary/aromatic N) is 4. The van der Waals surface area contributed by atoms with E-state index < -0.39 is 29.5 Å². The highest BCUT2D eigenvalue weighted by Gasteiger charge is 2.39. The molecular formula is C30H26F3N5O3. The van der Waals surface area contributed by atoms with E-state index in [4.69, 9.17) is 0 Å². The largest absolute Gasteiger partial charge is 0.416 e. The van der Waals surface area contributed by atoms with Gasteiger partial charge < -0.3 is 9.47 Å². The molecule has 0 radical (unpaired) electrons. The standard InChI is InChI=1S/C30H26F3N5O3/c31-30(32,33)19-13-18-12-17(29(41)36-8-3-1-4-9-36)7-11-37-16-21(20(14-19)26(18)37)24-25(28(40)35-27(24)39)22-15-34-23-6-2-5-10-38(22)23/h2,5-6,10,13-17H,1,3-4,7-9,11-12H2,(H,35,39,40). The summed E-state index contributed by atoms with van der Waals surface area (Å²) in [6.45, 7) is 1.74. The molecule has 1 saturated heterocycles. The molecular weight excluding hydrogens is 535 g/mol. The number of piperidine rings is 1. The van der Waals surface area contributed by atoms with Gasteiger partial charge in [-0.05, 0) is 61.9 Å². The molecule has 0 saturated carbocycles. The number of aromatic nitrogens is 3. The zero-order valence-corrected chi connectivity index (χ0v) is 22.0. The van der Waals surface area contributed by atoms with Gasteiger partial charge in [-0.15, -0.1) is 0 Å². The molecule has 4 aromatic rings. The van der Waals surface area contributed by atoms with Crippen molar-refractivity contribution >= 4 is 45.4 Å². The Morgan fingerprint density at radius 3 is 2.56 bits per heavy atom. The van der Waals surface area contributed by atoms with Crippen molar-refractivity contribution in [2.75, 3.05) is 13.1 Å². The lowest BCUT2D eigenvalue weighted by Crippen LogP contribution is -2.40. The van der Waals surface area contributed by atoms with E-state index in [1.807, 2.05) is 9.47 Å². The molecule has 3 amide bonds. The molecule has 210 valence electrons. The Morgan fingerprint density at radius 1 is 1.00 bits per heavy atom. The van der Waals surface area contributed by atoms with Crippen LogP contribution in [-0.4, -0.2) is 49.7 Å². The van der Waals surface area contributed by atoms with E-state index in [0.717, 1.165) is 31.4 Å². The first-order chi connectivity index (χ1) is 19.7. The predicted molar refractivity (Wildman–Crippen MR) is 144 cm³/mol. The Kier molecular flexibility index (Phi) is 5.81. The van der Waals surface area contributed by atoms with Gasteiger partial charge in [0.2, 0.25) is 5.91 Å². The number of aryl methyl sites for hydroxylation is 1. The van der Waals surface area contributed by atoms with E-state index >= 15 is 0 Å². The zero-order chi connectivity index (χ0) is 28.5. The summed E-state index contributed by atoms with van der Waals surface area (Å²) in [6, 6.07) is 7.47. The average molecular weight is 562 g/mol. The van der Waals surface area contributed by atoms with Crippen LogP contribution >= 0.6 is 0 Å². The van der Waals surface area contributed by atoms with Crippen molar-refractivity contribution < 1.29 is 27.6 Å². The smallest absolute Gasteiger partial charge is 0.347 e. The molecule has 0 bridgehead atoms. The number of hydrogen-bond donors (Lipinski definition) is 1. The Balaban J connectivity index is 1.42. The summed E-state index contributed by atoms with van der Waals surface area (Å²) in [6.07, 6.45) is 3.75. The summed E-state index contributed by atoms with van der Waals surface area (Å²) in [5, 5.41) is 2.56. The number of nitrogens with one attached hydrogen (secondary N) is 1. The van der Waals surface area contributed by atoms with Crippen molar-refractivity contribution in [1.82, 2.24) is 24.2 Å². The molecule has 1 aromatic carbocycles. The molecule has 0 aliphatic carbocycles. The van der Waals surface area contributed by atoms with Gasteiger partial charge in [-0.3, -0.25) is 24.1 Å². The molecule has 11 heteroatoms. The Bertz CT molecular complexity index is 1790. The van der Waals surface area contributed by atoms with Crippen molar-refractivity contribution in [3.63, 3.8) is 0 Å². The molecule has 6 heterocycles. The topological polar surface area (TPSA) is 88.7 Å². The number of fused-ring (bicyclic) bond motifs is 1. The minimum Gasteiger partial charge on any atom is -0.347 e. The molecule has 1 N–H and O–H groups in total. The number of likely N-dealkylation sites (tertiary alicyclic amines) is 1. The summed E-state index contributed by atoms with van der Waals surface area (Å²) in [4.78, 5) is 45.9. The van der Waals surface area contributed by atoms with Crippen LogP contribution in [-0.2, 0) is 33.5 Å². The number of pyridine rings is 1. The number of hydrogen-bond acceptors (Lipinski definition) is 4. The number of halogens is 3. The SMILES string of the molecule is O=C1NC(=O)C(c2cnc3ccccn23)=C1c1cn2c3c(cc(C(F)(F)F)cc13)CC(C(=O)N1CCCCC1)CC2. The Morgan fingerprint density at radius 2 is 1.78 bits per heavy atom. The Labute approximate surface area is 232 Å². The molecule has 0 spiro atoms. The number of carbonyl (C=O) groups is 3.